The summed E-state index contributed by atoms with van der Waals surface area (Å²) in [4.78, 5) is 24.1. The van der Waals surface area contributed by atoms with Gasteiger partial charge < -0.3 is 0 Å². The van der Waals surface area contributed by atoms with Gasteiger partial charge in [-0.1, -0.05) is 29.3 Å². The Hall–Kier alpha value is -1.08. The van der Waals surface area contributed by atoms with Gasteiger partial charge in [0.15, 0.2) is 0 Å². The van der Waals surface area contributed by atoms with Crippen LogP contribution in [0.5, 0.6) is 0 Å². The van der Waals surface area contributed by atoms with Crippen LogP contribution in [0.2, 0.25) is 10.0 Å². The molecule has 8 heteroatoms. The molecule has 20 heavy (non-hydrogen) atoms. The minimum atomic E-state index is -0.540. The minimum Gasteiger partial charge on any atom is -0.267 e. The van der Waals surface area contributed by atoms with Crippen molar-refractivity contribution in [1.82, 2.24) is 10.9 Å². The molecule has 2 N–H and O–H groups in total. The molecule has 1 heterocycles. The minimum absolute atomic E-state index is 0.139. The highest BCUT2D eigenvalue weighted by atomic mass is 79.9. The maximum atomic E-state index is 11.9. The van der Waals surface area contributed by atoms with Gasteiger partial charge in [0.2, 0.25) is 0 Å². The molecular formula is C12H7BrCl2N2O2S. The van der Waals surface area contributed by atoms with Crippen molar-refractivity contribution in [2.45, 2.75) is 0 Å². The fourth-order valence-corrected chi connectivity index (χ4v) is 3.03. The summed E-state index contributed by atoms with van der Waals surface area (Å²) < 4.78 is 0.826. The first-order valence-corrected chi connectivity index (χ1v) is 7.65. The molecule has 0 aliphatic heterocycles. The molecule has 0 fully saturated rings. The third kappa shape index (κ3) is 3.52. The van der Waals surface area contributed by atoms with E-state index in [0.717, 1.165) is 3.79 Å². The molecule has 0 bridgehead atoms. The first-order chi connectivity index (χ1) is 9.49. The van der Waals surface area contributed by atoms with Crippen molar-refractivity contribution in [3.8, 4) is 0 Å². The molecule has 2 aromatic rings. The molecule has 1 aromatic heterocycles. The predicted molar refractivity (Wildman–Crippen MR) is 83.4 cm³/mol. The lowest BCUT2D eigenvalue weighted by molar-refractivity contribution is 0.0849. The Morgan fingerprint density at radius 1 is 1.05 bits per heavy atom. The van der Waals surface area contributed by atoms with E-state index in [-0.39, 0.29) is 15.6 Å². The second-order valence-electron chi connectivity index (χ2n) is 3.61. The summed E-state index contributed by atoms with van der Waals surface area (Å²) in [7, 11) is 0. The van der Waals surface area contributed by atoms with Crippen LogP contribution in [0.4, 0.5) is 0 Å². The Morgan fingerprint density at radius 2 is 1.75 bits per heavy atom. The smallest absolute Gasteiger partial charge is 0.267 e. The third-order valence-electron chi connectivity index (χ3n) is 2.28. The zero-order valence-corrected chi connectivity index (χ0v) is 13.7. The molecule has 0 saturated carbocycles. The largest absolute Gasteiger partial charge is 0.279 e. The number of hydrogen-bond donors (Lipinski definition) is 2. The van der Waals surface area contributed by atoms with Crippen molar-refractivity contribution in [3.05, 3.63) is 54.6 Å². The fraction of sp³-hybridized carbons (Fsp3) is 0. The number of hydrogen-bond acceptors (Lipinski definition) is 3. The van der Waals surface area contributed by atoms with Crippen LogP contribution in [-0.2, 0) is 0 Å². The Balaban J connectivity index is 2.02. The molecule has 0 aliphatic carbocycles. The van der Waals surface area contributed by atoms with E-state index in [9.17, 15) is 9.59 Å². The van der Waals surface area contributed by atoms with Crippen molar-refractivity contribution in [2.24, 2.45) is 0 Å². The van der Waals surface area contributed by atoms with Crippen molar-refractivity contribution in [2.75, 3.05) is 0 Å². The Labute approximate surface area is 137 Å². The quantitative estimate of drug-likeness (QED) is 0.760. The SMILES string of the molecule is O=C(NNC(=O)c1cccc(Cl)c1Cl)c1ccc(Br)s1. The molecular weight excluding hydrogens is 387 g/mol. The van der Waals surface area contributed by atoms with Gasteiger partial charge in [-0.15, -0.1) is 11.3 Å². The Morgan fingerprint density at radius 3 is 2.40 bits per heavy atom. The van der Waals surface area contributed by atoms with Crippen molar-refractivity contribution in [1.29, 1.82) is 0 Å². The number of carbonyl (C=O) groups is 2. The highest BCUT2D eigenvalue weighted by Gasteiger charge is 2.14. The maximum absolute atomic E-state index is 11.9. The molecule has 0 atom stereocenters. The number of benzene rings is 1. The lowest BCUT2D eigenvalue weighted by atomic mass is 10.2. The molecule has 0 spiro atoms. The van der Waals surface area contributed by atoms with Gasteiger partial charge in [0, 0.05) is 0 Å². The van der Waals surface area contributed by atoms with E-state index < -0.39 is 11.8 Å². The lowest BCUT2D eigenvalue weighted by Crippen LogP contribution is -2.41. The van der Waals surface area contributed by atoms with Gasteiger partial charge in [-0.2, -0.15) is 0 Å². The molecule has 0 aliphatic rings. The summed E-state index contributed by atoms with van der Waals surface area (Å²) >= 11 is 16.2. The molecule has 1 aromatic carbocycles. The second kappa shape index (κ2) is 6.58. The van der Waals surface area contributed by atoms with Gasteiger partial charge in [0.1, 0.15) is 0 Å². The Bertz CT molecular complexity index is 675. The zero-order chi connectivity index (χ0) is 14.7. The van der Waals surface area contributed by atoms with Crippen LogP contribution < -0.4 is 10.9 Å². The van der Waals surface area contributed by atoms with Crippen molar-refractivity contribution in [3.63, 3.8) is 0 Å². The van der Waals surface area contributed by atoms with E-state index in [0.29, 0.717) is 4.88 Å². The van der Waals surface area contributed by atoms with Crippen molar-refractivity contribution >= 4 is 62.3 Å². The summed E-state index contributed by atoms with van der Waals surface area (Å²) in [6.45, 7) is 0. The van der Waals surface area contributed by atoms with Crippen LogP contribution in [0.3, 0.4) is 0 Å². The van der Waals surface area contributed by atoms with E-state index >= 15 is 0 Å². The summed E-state index contributed by atoms with van der Waals surface area (Å²) in [6, 6.07) is 8.07. The monoisotopic (exact) mass is 392 g/mol. The van der Waals surface area contributed by atoms with Crippen LogP contribution in [0, 0.1) is 0 Å². The van der Waals surface area contributed by atoms with Gasteiger partial charge in [0.25, 0.3) is 11.8 Å². The summed E-state index contributed by atoms with van der Waals surface area (Å²) in [6.07, 6.45) is 0. The first-order valence-electron chi connectivity index (χ1n) is 5.29. The van der Waals surface area contributed by atoms with E-state index in [1.54, 1.807) is 24.3 Å². The predicted octanol–water partition coefficient (Wildman–Crippen LogP) is 3.89. The van der Waals surface area contributed by atoms with Gasteiger partial charge in [-0.3, -0.25) is 20.4 Å². The third-order valence-corrected chi connectivity index (χ3v) is 4.72. The highest BCUT2D eigenvalue weighted by Crippen LogP contribution is 2.25. The summed E-state index contributed by atoms with van der Waals surface area (Å²) in [5.41, 5.74) is 4.78. The van der Waals surface area contributed by atoms with Crippen LogP contribution in [0.1, 0.15) is 20.0 Å². The topological polar surface area (TPSA) is 58.2 Å². The summed E-state index contributed by atoms with van der Waals surface area (Å²) in [5.74, 6) is -0.950. The van der Waals surface area contributed by atoms with Crippen LogP contribution in [0.15, 0.2) is 34.1 Å². The number of rotatable bonds is 2. The fourth-order valence-electron chi connectivity index (χ4n) is 1.36. The van der Waals surface area contributed by atoms with Gasteiger partial charge in [-0.25, -0.2) is 0 Å². The number of nitrogens with one attached hydrogen (secondary N) is 2. The standard InChI is InChI=1S/C12H7BrCl2N2O2S/c13-9-5-4-8(20-9)12(19)17-16-11(18)6-2-1-3-7(14)10(6)15/h1-5H,(H,16,18)(H,17,19). The maximum Gasteiger partial charge on any atom is 0.279 e. The van der Waals surface area contributed by atoms with Gasteiger partial charge >= 0.3 is 0 Å². The molecule has 2 amide bonds. The lowest BCUT2D eigenvalue weighted by Gasteiger charge is -2.08. The molecule has 0 radical (unpaired) electrons. The Kier molecular flexibility index (Phi) is 5.04. The molecule has 4 nitrogen and oxygen atoms in total. The molecule has 104 valence electrons. The van der Waals surface area contributed by atoms with Crippen LogP contribution in [-0.4, -0.2) is 11.8 Å². The number of hydrazine groups is 1. The van der Waals surface area contributed by atoms with E-state index in [2.05, 4.69) is 26.8 Å². The average Bonchev–Trinajstić information content (AvgIpc) is 2.85. The van der Waals surface area contributed by atoms with Crippen molar-refractivity contribution < 1.29 is 9.59 Å². The van der Waals surface area contributed by atoms with Crippen LogP contribution in [0.25, 0.3) is 0 Å². The molecule has 0 saturated heterocycles. The highest BCUT2D eigenvalue weighted by molar-refractivity contribution is 9.11. The van der Waals surface area contributed by atoms with E-state index in [1.165, 1.54) is 17.4 Å². The normalized spacial score (nSPS) is 10.2. The number of halogens is 3. The molecule has 0 unspecified atom stereocenters. The number of carbonyl (C=O) groups excluding carboxylic acids is 2. The average molecular weight is 394 g/mol. The first kappa shape index (κ1) is 15.3. The number of amides is 2. The van der Waals surface area contributed by atoms with E-state index in [4.69, 9.17) is 23.2 Å². The number of thiophene rings is 1. The van der Waals surface area contributed by atoms with Gasteiger partial charge in [-0.05, 0) is 40.2 Å². The second-order valence-corrected chi connectivity index (χ2v) is 6.86. The van der Waals surface area contributed by atoms with Crippen LogP contribution >= 0.6 is 50.5 Å². The van der Waals surface area contributed by atoms with E-state index in [1.807, 2.05) is 0 Å². The zero-order valence-electron chi connectivity index (χ0n) is 9.75. The molecule has 2 rings (SSSR count). The summed E-state index contributed by atoms with van der Waals surface area (Å²) in [5, 5.41) is 0.410. The van der Waals surface area contributed by atoms with Gasteiger partial charge in [0.05, 0.1) is 24.3 Å².